The monoisotopic (exact) mass is 209 g/mol. The largest absolute Gasteiger partial charge is 0.299 e. The fraction of sp³-hybridized carbons (Fsp3) is 0.545. The average molecular weight is 209 g/mol. The Morgan fingerprint density at radius 1 is 1.20 bits per heavy atom. The Balaban J connectivity index is 2.62. The molecule has 0 aromatic heterocycles. The highest BCUT2D eigenvalue weighted by atomic mass is 16.2. The van der Waals surface area contributed by atoms with E-state index in [1.807, 2.05) is 0 Å². The number of Topliss-reactive ketones (excluding diaryl/α,β-unsaturated/α-hetero) is 1. The van der Waals surface area contributed by atoms with Crippen LogP contribution in [0.4, 0.5) is 0 Å². The highest BCUT2D eigenvalue weighted by Gasteiger charge is 2.29. The van der Waals surface area contributed by atoms with Gasteiger partial charge in [0.25, 0.3) is 11.8 Å². The maximum atomic E-state index is 11.5. The van der Waals surface area contributed by atoms with E-state index in [2.05, 4.69) is 0 Å². The van der Waals surface area contributed by atoms with Gasteiger partial charge in [-0.15, -0.1) is 0 Å². The molecule has 1 aliphatic rings. The van der Waals surface area contributed by atoms with Crippen LogP contribution >= 0.6 is 0 Å². The maximum absolute atomic E-state index is 11.5. The summed E-state index contributed by atoms with van der Waals surface area (Å²) in [7, 11) is 0. The zero-order chi connectivity index (χ0) is 11.6. The second-order valence-electron chi connectivity index (χ2n) is 4.05. The van der Waals surface area contributed by atoms with Crippen LogP contribution in [0.25, 0.3) is 0 Å². The predicted octanol–water partition coefficient (Wildman–Crippen LogP) is 0.915. The molecule has 1 aliphatic heterocycles. The molecule has 1 atom stereocenters. The Morgan fingerprint density at radius 3 is 2.07 bits per heavy atom. The Hall–Kier alpha value is -1.45. The van der Waals surface area contributed by atoms with Crippen LogP contribution in [0, 0.1) is 5.92 Å². The van der Waals surface area contributed by atoms with E-state index in [1.165, 1.54) is 12.2 Å². The number of ketones is 1. The normalized spacial score (nSPS) is 17.7. The van der Waals surface area contributed by atoms with E-state index in [-0.39, 0.29) is 36.0 Å². The van der Waals surface area contributed by atoms with Crippen LogP contribution in [0.15, 0.2) is 12.2 Å². The van der Waals surface area contributed by atoms with Crippen molar-refractivity contribution < 1.29 is 14.4 Å². The lowest BCUT2D eigenvalue weighted by atomic mass is 10.0. The van der Waals surface area contributed by atoms with E-state index in [0.29, 0.717) is 0 Å². The highest BCUT2D eigenvalue weighted by molar-refractivity contribution is 6.13. The molecule has 4 nitrogen and oxygen atoms in total. The van der Waals surface area contributed by atoms with E-state index in [0.717, 1.165) is 4.90 Å². The molecule has 15 heavy (non-hydrogen) atoms. The van der Waals surface area contributed by atoms with Gasteiger partial charge in [0.15, 0.2) is 0 Å². The highest BCUT2D eigenvalue weighted by Crippen LogP contribution is 2.13. The van der Waals surface area contributed by atoms with E-state index in [4.69, 9.17) is 0 Å². The van der Waals surface area contributed by atoms with Crippen LogP contribution in [0.2, 0.25) is 0 Å². The Kier molecular flexibility index (Phi) is 3.39. The summed E-state index contributed by atoms with van der Waals surface area (Å²) in [6, 6.07) is -0.352. The van der Waals surface area contributed by atoms with Crippen molar-refractivity contribution in [3.8, 4) is 0 Å². The Bertz CT molecular complexity index is 313. The molecule has 0 aromatic carbocycles. The molecule has 0 aliphatic carbocycles. The van der Waals surface area contributed by atoms with Crippen LogP contribution in [0.3, 0.4) is 0 Å². The fourth-order valence-corrected chi connectivity index (χ4v) is 1.46. The molecule has 82 valence electrons. The van der Waals surface area contributed by atoms with Crippen molar-refractivity contribution in [2.45, 2.75) is 33.2 Å². The summed E-state index contributed by atoms with van der Waals surface area (Å²) < 4.78 is 0. The number of imide groups is 1. The number of hydrogen-bond donors (Lipinski definition) is 0. The summed E-state index contributed by atoms with van der Waals surface area (Å²) in [5.74, 6) is -0.656. The minimum atomic E-state index is -0.352. The van der Waals surface area contributed by atoms with Gasteiger partial charge in [-0.3, -0.25) is 19.3 Å². The van der Waals surface area contributed by atoms with Gasteiger partial charge in [0.2, 0.25) is 0 Å². The lowest BCUT2D eigenvalue weighted by Crippen LogP contribution is -2.39. The number of amides is 2. The smallest absolute Gasteiger partial charge is 0.253 e. The zero-order valence-electron chi connectivity index (χ0n) is 9.19. The van der Waals surface area contributed by atoms with E-state index in [1.54, 1.807) is 20.8 Å². The summed E-state index contributed by atoms with van der Waals surface area (Å²) >= 11 is 0. The molecule has 4 heteroatoms. The molecule has 0 radical (unpaired) electrons. The first-order chi connectivity index (χ1) is 6.93. The van der Waals surface area contributed by atoms with Gasteiger partial charge in [0.05, 0.1) is 0 Å². The second kappa shape index (κ2) is 4.38. The van der Waals surface area contributed by atoms with Crippen molar-refractivity contribution in [3.63, 3.8) is 0 Å². The number of rotatable bonds is 4. The summed E-state index contributed by atoms with van der Waals surface area (Å²) in [5, 5.41) is 0. The third-order valence-electron chi connectivity index (χ3n) is 2.42. The molecule has 1 rings (SSSR count). The Labute approximate surface area is 88.9 Å². The van der Waals surface area contributed by atoms with Gasteiger partial charge >= 0.3 is 0 Å². The standard InChI is InChI=1S/C11H15NO3/c1-7(2)9(13)6-8(3)12-10(14)4-5-11(12)15/h4-5,7-8H,6H2,1-3H3. The van der Waals surface area contributed by atoms with Crippen molar-refractivity contribution in [3.05, 3.63) is 12.2 Å². The van der Waals surface area contributed by atoms with Gasteiger partial charge in [-0.05, 0) is 6.92 Å². The molecule has 1 unspecified atom stereocenters. The molecule has 0 bridgehead atoms. The molecule has 0 aromatic rings. The SMILES string of the molecule is CC(C)C(=O)CC(C)N1C(=O)C=CC1=O. The predicted molar refractivity (Wildman–Crippen MR) is 54.9 cm³/mol. The number of hydrogen-bond acceptors (Lipinski definition) is 3. The van der Waals surface area contributed by atoms with Crippen LogP contribution in [0.5, 0.6) is 0 Å². The average Bonchev–Trinajstić information content (AvgIpc) is 2.45. The molecule has 0 saturated heterocycles. The van der Waals surface area contributed by atoms with Crippen molar-refractivity contribution in [1.82, 2.24) is 4.90 Å². The molecule has 0 fully saturated rings. The Morgan fingerprint density at radius 2 is 1.67 bits per heavy atom. The van der Waals surface area contributed by atoms with Gasteiger partial charge in [0.1, 0.15) is 5.78 Å². The summed E-state index contributed by atoms with van der Waals surface area (Å²) in [5.41, 5.74) is 0. The van der Waals surface area contributed by atoms with Crippen LogP contribution in [0.1, 0.15) is 27.2 Å². The first kappa shape index (κ1) is 11.6. The minimum absolute atomic E-state index is 0.0618. The number of nitrogens with zero attached hydrogens (tertiary/aromatic N) is 1. The van der Waals surface area contributed by atoms with Gasteiger partial charge in [-0.25, -0.2) is 0 Å². The van der Waals surface area contributed by atoms with Gasteiger partial charge in [0, 0.05) is 30.5 Å². The van der Waals surface area contributed by atoms with Crippen molar-refractivity contribution in [2.75, 3.05) is 0 Å². The van der Waals surface area contributed by atoms with E-state index in [9.17, 15) is 14.4 Å². The van der Waals surface area contributed by atoms with Crippen molar-refractivity contribution >= 4 is 17.6 Å². The third-order valence-corrected chi connectivity index (χ3v) is 2.42. The molecule has 0 saturated carbocycles. The van der Waals surface area contributed by atoms with E-state index >= 15 is 0 Å². The molecular formula is C11H15NO3. The first-order valence-corrected chi connectivity index (χ1v) is 5.01. The van der Waals surface area contributed by atoms with Crippen molar-refractivity contribution in [2.24, 2.45) is 5.92 Å². The van der Waals surface area contributed by atoms with Crippen LogP contribution in [-0.2, 0) is 14.4 Å². The summed E-state index contributed by atoms with van der Waals surface area (Å²) in [6.07, 6.45) is 2.70. The summed E-state index contributed by atoms with van der Waals surface area (Å²) in [6.45, 7) is 5.32. The van der Waals surface area contributed by atoms with Crippen LogP contribution in [-0.4, -0.2) is 28.5 Å². The van der Waals surface area contributed by atoms with Crippen molar-refractivity contribution in [1.29, 1.82) is 0 Å². The molecule has 0 spiro atoms. The third kappa shape index (κ3) is 2.52. The lowest BCUT2D eigenvalue weighted by Gasteiger charge is -2.22. The summed E-state index contributed by atoms with van der Waals surface area (Å²) in [4.78, 5) is 35.1. The van der Waals surface area contributed by atoms with Gasteiger partial charge < -0.3 is 0 Å². The number of carbonyl (C=O) groups is 3. The molecule has 0 N–H and O–H groups in total. The fourth-order valence-electron chi connectivity index (χ4n) is 1.46. The number of carbonyl (C=O) groups excluding carboxylic acids is 3. The minimum Gasteiger partial charge on any atom is -0.299 e. The molecule has 1 heterocycles. The van der Waals surface area contributed by atoms with Gasteiger partial charge in [-0.2, -0.15) is 0 Å². The lowest BCUT2D eigenvalue weighted by molar-refractivity contribution is -0.139. The second-order valence-corrected chi connectivity index (χ2v) is 4.05. The topological polar surface area (TPSA) is 54.5 Å². The molecular weight excluding hydrogens is 194 g/mol. The quantitative estimate of drug-likeness (QED) is 0.647. The molecule has 2 amide bonds. The zero-order valence-corrected chi connectivity index (χ0v) is 9.19. The maximum Gasteiger partial charge on any atom is 0.253 e. The van der Waals surface area contributed by atoms with Crippen LogP contribution < -0.4 is 0 Å². The van der Waals surface area contributed by atoms with E-state index < -0.39 is 0 Å². The van der Waals surface area contributed by atoms with Gasteiger partial charge in [-0.1, -0.05) is 13.8 Å². The first-order valence-electron chi connectivity index (χ1n) is 5.01.